The Morgan fingerprint density at radius 3 is 2.16 bits per heavy atom. The minimum Gasteiger partial charge on any atom is -0.372 e. The molecule has 2 aromatic carbocycles. The van der Waals surface area contributed by atoms with Crippen molar-refractivity contribution in [3.8, 4) is 0 Å². The Labute approximate surface area is 185 Å². The highest BCUT2D eigenvalue weighted by Gasteiger charge is 2.40. The number of amides is 2. The van der Waals surface area contributed by atoms with Crippen LogP contribution >= 0.6 is 11.3 Å². The molecule has 2 aliphatic heterocycles. The van der Waals surface area contributed by atoms with Crippen LogP contribution in [0.2, 0.25) is 0 Å². The van der Waals surface area contributed by atoms with Crippen LogP contribution in [-0.2, 0) is 9.59 Å². The maximum Gasteiger partial charge on any atom is 0.282 e. The summed E-state index contributed by atoms with van der Waals surface area (Å²) in [7, 11) is 0. The molecule has 0 aliphatic carbocycles. The highest BCUT2D eigenvalue weighted by atomic mass is 32.1. The zero-order valence-electron chi connectivity index (χ0n) is 17.3. The van der Waals surface area contributed by atoms with E-state index in [1.807, 2.05) is 73.0 Å². The van der Waals surface area contributed by atoms with Gasteiger partial charge in [0, 0.05) is 29.3 Å². The van der Waals surface area contributed by atoms with Gasteiger partial charge in [-0.15, -0.1) is 11.3 Å². The number of nitrogens with zero attached hydrogens (tertiary/aromatic N) is 2. The van der Waals surface area contributed by atoms with Gasteiger partial charge in [-0.25, -0.2) is 4.90 Å². The number of benzene rings is 2. The van der Waals surface area contributed by atoms with Crippen molar-refractivity contribution in [1.29, 1.82) is 0 Å². The fraction of sp³-hybridized carbons (Fsp3) is 0.200. The van der Waals surface area contributed by atoms with Gasteiger partial charge in [-0.1, -0.05) is 23.8 Å². The highest BCUT2D eigenvalue weighted by molar-refractivity contribution is 7.11. The summed E-state index contributed by atoms with van der Waals surface area (Å²) in [5.74, 6) is -0.626. The molecule has 6 heteroatoms. The van der Waals surface area contributed by atoms with E-state index in [-0.39, 0.29) is 11.8 Å². The zero-order valence-corrected chi connectivity index (χ0v) is 18.1. The van der Waals surface area contributed by atoms with Crippen LogP contribution < -0.4 is 15.1 Å². The maximum atomic E-state index is 13.4. The molecule has 5 rings (SSSR count). The zero-order chi connectivity index (χ0) is 21.4. The molecule has 0 unspecified atom stereocenters. The van der Waals surface area contributed by atoms with Crippen molar-refractivity contribution in [2.75, 3.05) is 28.2 Å². The normalized spacial score (nSPS) is 16.5. The first-order chi connectivity index (χ1) is 15.1. The molecule has 0 atom stereocenters. The van der Waals surface area contributed by atoms with Crippen LogP contribution in [-0.4, -0.2) is 24.9 Å². The first-order valence-electron chi connectivity index (χ1n) is 10.5. The lowest BCUT2D eigenvalue weighted by molar-refractivity contribution is -0.120. The lowest BCUT2D eigenvalue weighted by Gasteiger charge is -2.20. The van der Waals surface area contributed by atoms with E-state index in [9.17, 15) is 9.59 Å². The Bertz CT molecular complexity index is 1140. The molecule has 3 heterocycles. The maximum absolute atomic E-state index is 13.4. The minimum atomic E-state index is -0.331. The van der Waals surface area contributed by atoms with Crippen LogP contribution in [0.1, 0.15) is 23.3 Å². The van der Waals surface area contributed by atoms with Crippen molar-refractivity contribution in [2.24, 2.45) is 0 Å². The van der Waals surface area contributed by atoms with Crippen LogP contribution in [0.15, 0.2) is 71.7 Å². The summed E-state index contributed by atoms with van der Waals surface area (Å²) in [6.07, 6.45) is 2.40. The van der Waals surface area contributed by atoms with E-state index in [1.54, 1.807) is 0 Å². The second kappa shape index (κ2) is 8.04. The Morgan fingerprint density at radius 2 is 1.52 bits per heavy atom. The summed E-state index contributed by atoms with van der Waals surface area (Å²) in [4.78, 5) is 31.2. The van der Waals surface area contributed by atoms with Gasteiger partial charge in [0.1, 0.15) is 5.70 Å². The molecule has 5 nitrogen and oxygen atoms in total. The van der Waals surface area contributed by atoms with Gasteiger partial charge in [0.2, 0.25) is 0 Å². The number of thiophene rings is 1. The quantitative estimate of drug-likeness (QED) is 0.577. The summed E-state index contributed by atoms with van der Waals surface area (Å²) in [6, 6.07) is 19.3. The van der Waals surface area contributed by atoms with Crippen LogP contribution in [0.25, 0.3) is 5.57 Å². The molecule has 156 valence electrons. The standard InChI is InChI=1S/C25H23N3O2S/c1-17-6-8-18(9-7-17)26-23-22(21-5-4-16-31-21)24(29)28(25(23)30)20-12-10-19(11-13-20)27-14-2-3-15-27/h4-13,16,26H,2-3,14-15H2,1H3. The van der Waals surface area contributed by atoms with Crippen molar-refractivity contribution in [2.45, 2.75) is 19.8 Å². The first-order valence-corrected chi connectivity index (χ1v) is 11.4. The topological polar surface area (TPSA) is 52.7 Å². The lowest BCUT2D eigenvalue weighted by atomic mass is 10.1. The van der Waals surface area contributed by atoms with Crippen LogP contribution in [0.3, 0.4) is 0 Å². The Hall–Kier alpha value is -3.38. The number of anilines is 3. The van der Waals surface area contributed by atoms with Crippen molar-refractivity contribution in [3.05, 3.63) is 82.2 Å². The monoisotopic (exact) mass is 429 g/mol. The molecule has 2 aliphatic rings. The van der Waals surface area contributed by atoms with Crippen LogP contribution in [0.4, 0.5) is 17.1 Å². The number of carbonyl (C=O) groups is 2. The number of rotatable bonds is 5. The van der Waals surface area contributed by atoms with Gasteiger partial charge in [0.05, 0.1) is 11.3 Å². The van der Waals surface area contributed by atoms with Crippen LogP contribution in [0.5, 0.6) is 0 Å². The van der Waals surface area contributed by atoms with Gasteiger partial charge in [0.25, 0.3) is 11.8 Å². The Balaban J connectivity index is 1.49. The molecular weight excluding hydrogens is 406 g/mol. The Morgan fingerprint density at radius 1 is 0.839 bits per heavy atom. The fourth-order valence-electron chi connectivity index (χ4n) is 4.10. The molecular formula is C25H23N3O2S. The molecule has 3 aromatic rings. The number of imide groups is 1. The summed E-state index contributed by atoms with van der Waals surface area (Å²) < 4.78 is 0. The lowest BCUT2D eigenvalue weighted by Crippen LogP contribution is -2.32. The number of carbonyl (C=O) groups excluding carboxylic acids is 2. The van der Waals surface area contributed by atoms with Gasteiger partial charge in [-0.05, 0) is 67.6 Å². The third-order valence-corrected chi connectivity index (χ3v) is 6.64. The van der Waals surface area contributed by atoms with Gasteiger partial charge in [-0.2, -0.15) is 0 Å². The highest BCUT2D eigenvalue weighted by Crippen LogP contribution is 2.36. The van der Waals surface area contributed by atoms with E-state index in [0.717, 1.165) is 34.9 Å². The number of aryl methyl sites for hydroxylation is 1. The molecule has 0 radical (unpaired) electrons. The largest absolute Gasteiger partial charge is 0.372 e. The molecule has 2 amide bonds. The second-order valence-electron chi connectivity index (χ2n) is 7.87. The average molecular weight is 430 g/mol. The van der Waals surface area contributed by atoms with E-state index in [4.69, 9.17) is 0 Å². The van der Waals surface area contributed by atoms with E-state index in [1.165, 1.54) is 29.1 Å². The van der Waals surface area contributed by atoms with Crippen molar-refractivity contribution in [1.82, 2.24) is 0 Å². The van der Waals surface area contributed by atoms with Crippen LogP contribution in [0, 0.1) is 6.92 Å². The van der Waals surface area contributed by atoms with E-state index < -0.39 is 0 Å². The van der Waals surface area contributed by atoms with Gasteiger partial charge in [0.15, 0.2) is 0 Å². The molecule has 0 spiro atoms. The predicted molar refractivity (Wildman–Crippen MR) is 126 cm³/mol. The molecule has 0 bridgehead atoms. The molecule has 1 N–H and O–H groups in total. The summed E-state index contributed by atoms with van der Waals surface area (Å²) in [6.45, 7) is 4.11. The molecule has 1 fully saturated rings. The summed E-state index contributed by atoms with van der Waals surface area (Å²) >= 11 is 1.45. The predicted octanol–water partition coefficient (Wildman–Crippen LogP) is 5.05. The molecule has 1 aromatic heterocycles. The minimum absolute atomic E-state index is 0.295. The third-order valence-electron chi connectivity index (χ3n) is 5.75. The molecule has 0 saturated carbocycles. The number of hydrogen-bond donors (Lipinski definition) is 1. The van der Waals surface area contributed by atoms with Crippen molar-refractivity contribution >= 4 is 45.8 Å². The summed E-state index contributed by atoms with van der Waals surface area (Å²) in [5.41, 5.74) is 4.37. The van der Waals surface area contributed by atoms with Gasteiger partial charge >= 0.3 is 0 Å². The second-order valence-corrected chi connectivity index (χ2v) is 8.82. The molecule has 1 saturated heterocycles. The van der Waals surface area contributed by atoms with Crippen molar-refractivity contribution in [3.63, 3.8) is 0 Å². The third kappa shape index (κ3) is 3.64. The van der Waals surface area contributed by atoms with Gasteiger partial charge < -0.3 is 10.2 Å². The smallest absolute Gasteiger partial charge is 0.282 e. The SMILES string of the molecule is Cc1ccc(NC2=C(c3cccs3)C(=O)N(c3ccc(N4CCCC4)cc3)C2=O)cc1. The number of nitrogens with one attached hydrogen (secondary N) is 1. The average Bonchev–Trinajstić information content (AvgIpc) is 3.53. The molecule has 31 heavy (non-hydrogen) atoms. The fourth-order valence-corrected chi connectivity index (χ4v) is 4.87. The van der Waals surface area contributed by atoms with Gasteiger partial charge in [-0.3, -0.25) is 9.59 Å². The Kier molecular flexibility index (Phi) is 5.08. The van der Waals surface area contributed by atoms with E-state index >= 15 is 0 Å². The number of hydrogen-bond acceptors (Lipinski definition) is 5. The first kappa shape index (κ1) is 19.6. The summed E-state index contributed by atoms with van der Waals surface area (Å²) in [5, 5.41) is 5.12. The van der Waals surface area contributed by atoms with E-state index in [2.05, 4.69) is 10.2 Å². The van der Waals surface area contributed by atoms with Crippen molar-refractivity contribution < 1.29 is 9.59 Å². The van der Waals surface area contributed by atoms with E-state index in [0.29, 0.717) is 17.0 Å².